The molecule has 3 rings (SSSR count). The van der Waals surface area contributed by atoms with Crippen molar-refractivity contribution in [1.29, 1.82) is 0 Å². The van der Waals surface area contributed by atoms with E-state index in [0.717, 1.165) is 44.0 Å². The van der Waals surface area contributed by atoms with Gasteiger partial charge in [-0.2, -0.15) is 0 Å². The SMILES string of the molecule is O=C(O)CC1CCN(Cc2ccc3c(c2)OCCCO3)C1. The first-order chi connectivity index (χ1) is 10.2. The third-order valence-electron chi connectivity index (χ3n) is 4.05. The molecule has 1 aromatic rings. The number of hydrogen-bond acceptors (Lipinski definition) is 4. The molecule has 0 amide bonds. The van der Waals surface area contributed by atoms with E-state index < -0.39 is 5.97 Å². The zero-order valence-electron chi connectivity index (χ0n) is 12.1. The fourth-order valence-corrected chi connectivity index (χ4v) is 3.03. The Kier molecular flexibility index (Phi) is 4.29. The van der Waals surface area contributed by atoms with Crippen LogP contribution in [0, 0.1) is 5.92 Å². The zero-order chi connectivity index (χ0) is 14.7. The van der Waals surface area contributed by atoms with Crippen molar-refractivity contribution >= 4 is 5.97 Å². The molecule has 2 heterocycles. The summed E-state index contributed by atoms with van der Waals surface area (Å²) >= 11 is 0. The van der Waals surface area contributed by atoms with Gasteiger partial charge < -0.3 is 14.6 Å². The molecule has 0 radical (unpaired) electrons. The number of fused-ring (bicyclic) bond motifs is 1. The van der Waals surface area contributed by atoms with Crippen LogP contribution in [-0.4, -0.2) is 42.3 Å². The van der Waals surface area contributed by atoms with Crippen LogP contribution < -0.4 is 9.47 Å². The molecule has 2 aliphatic rings. The molecule has 5 heteroatoms. The van der Waals surface area contributed by atoms with E-state index in [4.69, 9.17) is 14.6 Å². The predicted octanol–water partition coefficient (Wildman–Crippen LogP) is 2.14. The quantitative estimate of drug-likeness (QED) is 0.921. The van der Waals surface area contributed by atoms with Gasteiger partial charge in [0.15, 0.2) is 11.5 Å². The Morgan fingerprint density at radius 1 is 1.29 bits per heavy atom. The minimum absolute atomic E-state index is 0.275. The predicted molar refractivity (Wildman–Crippen MR) is 77.7 cm³/mol. The Labute approximate surface area is 124 Å². The fourth-order valence-electron chi connectivity index (χ4n) is 3.03. The molecule has 1 atom stereocenters. The maximum Gasteiger partial charge on any atom is 0.303 e. The van der Waals surface area contributed by atoms with Crippen LogP contribution in [0.25, 0.3) is 0 Å². The Morgan fingerprint density at radius 3 is 2.90 bits per heavy atom. The summed E-state index contributed by atoms with van der Waals surface area (Å²) in [7, 11) is 0. The van der Waals surface area contributed by atoms with Crippen molar-refractivity contribution in [3.63, 3.8) is 0 Å². The lowest BCUT2D eigenvalue weighted by atomic mass is 10.1. The summed E-state index contributed by atoms with van der Waals surface area (Å²) in [5.74, 6) is 1.23. The molecule has 114 valence electrons. The highest BCUT2D eigenvalue weighted by Crippen LogP contribution is 2.31. The maximum absolute atomic E-state index is 10.8. The van der Waals surface area contributed by atoms with Gasteiger partial charge in [-0.15, -0.1) is 0 Å². The summed E-state index contributed by atoms with van der Waals surface area (Å²) in [5, 5.41) is 8.86. The van der Waals surface area contributed by atoms with Gasteiger partial charge in [0.2, 0.25) is 0 Å². The molecule has 1 N–H and O–H groups in total. The van der Waals surface area contributed by atoms with E-state index in [9.17, 15) is 4.79 Å². The van der Waals surface area contributed by atoms with Crippen LogP contribution >= 0.6 is 0 Å². The van der Waals surface area contributed by atoms with Crippen molar-refractivity contribution < 1.29 is 19.4 Å². The van der Waals surface area contributed by atoms with Crippen molar-refractivity contribution in [2.24, 2.45) is 5.92 Å². The smallest absolute Gasteiger partial charge is 0.303 e. The molecule has 1 unspecified atom stereocenters. The highest BCUT2D eigenvalue weighted by Gasteiger charge is 2.24. The van der Waals surface area contributed by atoms with Crippen LogP contribution in [0.15, 0.2) is 18.2 Å². The van der Waals surface area contributed by atoms with Crippen LogP contribution in [0.5, 0.6) is 11.5 Å². The molecule has 1 aromatic carbocycles. The van der Waals surface area contributed by atoms with Gasteiger partial charge in [0, 0.05) is 25.9 Å². The van der Waals surface area contributed by atoms with Crippen molar-refractivity contribution in [3.05, 3.63) is 23.8 Å². The van der Waals surface area contributed by atoms with Crippen LogP contribution in [-0.2, 0) is 11.3 Å². The average molecular weight is 291 g/mol. The highest BCUT2D eigenvalue weighted by molar-refractivity contribution is 5.67. The second-order valence-electron chi connectivity index (χ2n) is 5.82. The number of hydrogen-bond donors (Lipinski definition) is 1. The van der Waals surface area contributed by atoms with Gasteiger partial charge in [0.25, 0.3) is 0 Å². The average Bonchev–Trinajstić information content (AvgIpc) is 2.73. The molecule has 1 saturated heterocycles. The fraction of sp³-hybridized carbons (Fsp3) is 0.562. The number of likely N-dealkylation sites (tertiary alicyclic amines) is 1. The van der Waals surface area contributed by atoms with Gasteiger partial charge >= 0.3 is 5.97 Å². The number of rotatable bonds is 4. The second-order valence-corrected chi connectivity index (χ2v) is 5.82. The minimum atomic E-state index is -0.697. The Bertz CT molecular complexity index is 517. The zero-order valence-corrected chi connectivity index (χ0v) is 12.1. The summed E-state index contributed by atoms with van der Waals surface area (Å²) in [6.07, 6.45) is 2.15. The molecule has 5 nitrogen and oxygen atoms in total. The van der Waals surface area contributed by atoms with Crippen LogP contribution in [0.2, 0.25) is 0 Å². The Morgan fingerprint density at radius 2 is 2.10 bits per heavy atom. The molecule has 0 spiro atoms. The summed E-state index contributed by atoms with van der Waals surface area (Å²) in [5.41, 5.74) is 1.19. The van der Waals surface area contributed by atoms with E-state index in [2.05, 4.69) is 11.0 Å². The van der Waals surface area contributed by atoms with Gasteiger partial charge in [0.1, 0.15) is 0 Å². The van der Waals surface area contributed by atoms with E-state index >= 15 is 0 Å². The normalized spacial score (nSPS) is 22.0. The van der Waals surface area contributed by atoms with E-state index in [1.807, 2.05) is 12.1 Å². The lowest BCUT2D eigenvalue weighted by Crippen LogP contribution is -2.20. The van der Waals surface area contributed by atoms with Gasteiger partial charge in [-0.25, -0.2) is 0 Å². The molecule has 0 bridgehead atoms. The van der Waals surface area contributed by atoms with Gasteiger partial charge in [-0.3, -0.25) is 9.69 Å². The van der Waals surface area contributed by atoms with E-state index in [1.165, 1.54) is 5.56 Å². The monoisotopic (exact) mass is 291 g/mol. The molecule has 0 aliphatic carbocycles. The molecule has 0 aromatic heterocycles. The maximum atomic E-state index is 10.8. The van der Waals surface area contributed by atoms with Crippen LogP contribution in [0.1, 0.15) is 24.8 Å². The third-order valence-corrected chi connectivity index (χ3v) is 4.05. The van der Waals surface area contributed by atoms with Gasteiger partial charge in [-0.1, -0.05) is 6.07 Å². The number of carboxylic acids is 1. The summed E-state index contributed by atoms with van der Waals surface area (Å²) in [6.45, 7) is 4.07. The summed E-state index contributed by atoms with van der Waals surface area (Å²) in [6, 6.07) is 6.09. The number of carbonyl (C=O) groups is 1. The van der Waals surface area contributed by atoms with Gasteiger partial charge in [-0.05, 0) is 36.6 Å². The lowest BCUT2D eigenvalue weighted by molar-refractivity contribution is -0.138. The van der Waals surface area contributed by atoms with E-state index in [1.54, 1.807) is 0 Å². The summed E-state index contributed by atoms with van der Waals surface area (Å²) in [4.78, 5) is 13.1. The Balaban J connectivity index is 1.61. The molecular weight excluding hydrogens is 270 g/mol. The van der Waals surface area contributed by atoms with E-state index in [0.29, 0.717) is 13.2 Å². The number of carboxylic acid groups (broad SMARTS) is 1. The van der Waals surface area contributed by atoms with Crippen molar-refractivity contribution in [3.8, 4) is 11.5 Å². The number of nitrogens with zero attached hydrogens (tertiary/aromatic N) is 1. The van der Waals surface area contributed by atoms with E-state index in [-0.39, 0.29) is 12.3 Å². The van der Waals surface area contributed by atoms with Crippen molar-refractivity contribution in [2.75, 3.05) is 26.3 Å². The van der Waals surface area contributed by atoms with Crippen LogP contribution in [0.4, 0.5) is 0 Å². The first-order valence-electron chi connectivity index (χ1n) is 7.53. The molecular formula is C16H21NO4. The second kappa shape index (κ2) is 6.35. The topological polar surface area (TPSA) is 59.0 Å². The number of aliphatic carboxylic acids is 1. The number of benzene rings is 1. The lowest BCUT2D eigenvalue weighted by Gasteiger charge is -2.17. The third kappa shape index (κ3) is 3.67. The molecule has 1 fully saturated rings. The Hall–Kier alpha value is -1.75. The summed E-state index contributed by atoms with van der Waals surface area (Å²) < 4.78 is 11.3. The van der Waals surface area contributed by atoms with Gasteiger partial charge in [0.05, 0.1) is 13.2 Å². The molecule has 2 aliphatic heterocycles. The van der Waals surface area contributed by atoms with Crippen LogP contribution in [0.3, 0.4) is 0 Å². The standard InChI is InChI=1S/C16H21NO4/c18-16(19)9-13-4-5-17(11-13)10-12-2-3-14-15(8-12)21-7-1-6-20-14/h2-3,8,13H,1,4-7,9-11H2,(H,18,19). The largest absolute Gasteiger partial charge is 0.490 e. The molecule has 0 saturated carbocycles. The van der Waals surface area contributed by atoms with Crippen molar-refractivity contribution in [2.45, 2.75) is 25.8 Å². The first-order valence-corrected chi connectivity index (χ1v) is 7.53. The highest BCUT2D eigenvalue weighted by atomic mass is 16.5. The first kappa shape index (κ1) is 14.2. The minimum Gasteiger partial charge on any atom is -0.490 e. The van der Waals surface area contributed by atoms with Crippen molar-refractivity contribution in [1.82, 2.24) is 4.90 Å². The molecule has 21 heavy (non-hydrogen) atoms. The number of ether oxygens (including phenoxy) is 2.